The number of aliphatic hydroxyl groups excluding tert-OH is 4. The average Bonchev–Trinajstić information content (AvgIpc) is 1.62. The normalized spacial score (nSPS) is 29.3. The van der Waals surface area contributed by atoms with Gasteiger partial charge in [-0.25, -0.2) is 4.89 Å². The minimum absolute atomic E-state index is 0. The molecule has 0 aliphatic heterocycles. The molecule has 12 aliphatic rings. The minimum Gasteiger partial charge on any atom is -0.371 e. The zero-order valence-corrected chi connectivity index (χ0v) is 87.0. The van der Waals surface area contributed by atoms with Crippen molar-refractivity contribution in [2.24, 2.45) is 106 Å². The van der Waals surface area contributed by atoms with Gasteiger partial charge in [0.25, 0.3) is 0 Å². The van der Waals surface area contributed by atoms with Crippen molar-refractivity contribution >= 4 is 23.6 Å². The first kappa shape index (κ1) is 135. The SMILES string of the molecule is C.C.C.C.C.C1CCC1.C1CCC1.C1CCC1.C1CCC1.C1CCC1.CC.CC.CC(C)CCCC(C)C1CCC2C3CCC4CC(C(C)OO)CCC4(C)C3CCC12C.CCC1C(C)CC(C)C1C.CCNC(=O)C1C(OCO)C(C(=O)NC)C1OCO.CNC(=O)C1C(OCO)C(C(=O)NC)C1OCO.Cc1cc(C)cc(C)c1.Cc1ccc(C)cc1.[Y].[Y]. The van der Waals surface area contributed by atoms with Gasteiger partial charge in [0.15, 0.2) is 0 Å². The number of carbonyl (C=O) groups is 4. The molecule has 0 spiro atoms. The monoisotopic (exact) mass is 1940 g/mol. The van der Waals surface area contributed by atoms with Crippen LogP contribution < -0.4 is 21.3 Å². The summed E-state index contributed by atoms with van der Waals surface area (Å²) >= 11 is 0. The summed E-state index contributed by atoms with van der Waals surface area (Å²) in [7, 11) is 4.34. The van der Waals surface area contributed by atoms with Gasteiger partial charge in [0, 0.05) is 93.1 Å². The maximum Gasteiger partial charge on any atom is 0.228 e. The van der Waals surface area contributed by atoms with Crippen molar-refractivity contribution in [3.05, 3.63) is 70.3 Å². The fraction of sp³-hybridized carbons (Fsp3) is 0.849. The molecule has 4 amide bonds. The van der Waals surface area contributed by atoms with E-state index in [1.165, 1.54) is 267 Å². The topological polar surface area (TPSA) is 264 Å². The second-order valence-corrected chi connectivity index (χ2v) is 37.4. The summed E-state index contributed by atoms with van der Waals surface area (Å²) in [5.41, 5.74) is 7.87. The summed E-state index contributed by atoms with van der Waals surface area (Å²) in [6, 6.07) is 15.0. The molecular formula is C106H204N4O14Y2. The van der Waals surface area contributed by atoms with E-state index in [4.69, 9.17) is 44.3 Å². The number of aryl methyl sites for hydroxylation is 5. The molecule has 126 heavy (non-hydrogen) atoms. The molecule has 16 atom stereocenters. The van der Waals surface area contributed by atoms with E-state index in [1.807, 2.05) is 27.7 Å². The van der Waals surface area contributed by atoms with Crippen LogP contribution in [0.2, 0.25) is 0 Å². The molecule has 2 aromatic rings. The number of amides is 4. The molecule has 2 radical (unpaired) electrons. The molecule has 738 valence electrons. The Morgan fingerprint density at radius 2 is 0.778 bits per heavy atom. The van der Waals surface area contributed by atoms with E-state index in [0.717, 1.165) is 65.1 Å². The molecule has 0 aromatic heterocycles. The number of nitrogens with one attached hydrogen (secondary N) is 4. The number of hydrogen-bond acceptors (Lipinski definition) is 14. The van der Waals surface area contributed by atoms with Crippen LogP contribution in [-0.4, -0.2) is 135 Å². The Hall–Kier alpha value is -1.87. The Labute approximate surface area is 827 Å². The van der Waals surface area contributed by atoms with E-state index in [2.05, 4.69) is 168 Å². The van der Waals surface area contributed by atoms with Crippen molar-refractivity contribution in [2.75, 3.05) is 54.9 Å². The van der Waals surface area contributed by atoms with Gasteiger partial charge in [-0.1, -0.05) is 352 Å². The Kier molecular flexibility index (Phi) is 81.7. The van der Waals surface area contributed by atoms with Gasteiger partial charge in [0.2, 0.25) is 23.6 Å². The van der Waals surface area contributed by atoms with Crippen LogP contribution in [0.15, 0.2) is 42.5 Å². The van der Waals surface area contributed by atoms with Gasteiger partial charge in [-0.3, -0.25) is 24.4 Å². The molecule has 2 aromatic carbocycles. The van der Waals surface area contributed by atoms with Gasteiger partial charge in [0.1, 0.15) is 27.2 Å². The van der Waals surface area contributed by atoms with Crippen LogP contribution in [0.25, 0.3) is 0 Å². The molecule has 12 saturated carbocycles. The van der Waals surface area contributed by atoms with Crippen molar-refractivity contribution in [1.82, 2.24) is 21.3 Å². The smallest absolute Gasteiger partial charge is 0.228 e. The van der Waals surface area contributed by atoms with Crippen LogP contribution in [0.3, 0.4) is 0 Å². The van der Waals surface area contributed by atoms with Crippen LogP contribution in [0.1, 0.15) is 387 Å². The van der Waals surface area contributed by atoms with E-state index in [-0.39, 0.29) is 132 Å². The molecule has 12 fully saturated rings. The summed E-state index contributed by atoms with van der Waals surface area (Å²) in [4.78, 5) is 51.7. The summed E-state index contributed by atoms with van der Waals surface area (Å²) in [5, 5.41) is 54.4. The third-order valence-corrected chi connectivity index (χ3v) is 29.0. The van der Waals surface area contributed by atoms with E-state index in [9.17, 15) is 24.4 Å². The number of hydrogen-bond donors (Lipinski definition) is 9. The Morgan fingerprint density at radius 3 is 1.06 bits per heavy atom. The molecular weight excluding hydrogens is 1730 g/mol. The second-order valence-electron chi connectivity index (χ2n) is 37.4. The van der Waals surface area contributed by atoms with E-state index >= 15 is 0 Å². The summed E-state index contributed by atoms with van der Waals surface area (Å²) < 4.78 is 20.1. The summed E-state index contributed by atoms with van der Waals surface area (Å²) in [5.74, 6) is 6.60. The third-order valence-electron chi connectivity index (χ3n) is 29.0. The molecule has 12 aliphatic carbocycles. The van der Waals surface area contributed by atoms with E-state index < -0.39 is 75.3 Å². The van der Waals surface area contributed by atoms with Crippen molar-refractivity contribution in [1.29, 1.82) is 0 Å². The molecule has 0 heterocycles. The van der Waals surface area contributed by atoms with Gasteiger partial charge >= 0.3 is 0 Å². The Morgan fingerprint density at radius 1 is 0.444 bits per heavy atom. The number of carbonyl (C=O) groups excluding carboxylic acids is 4. The molecule has 14 rings (SSSR count). The predicted octanol–water partition coefficient (Wildman–Crippen LogP) is 25.1. The average molecular weight is 1940 g/mol. The number of aliphatic hydroxyl groups is 4. The van der Waals surface area contributed by atoms with Crippen LogP contribution in [0.4, 0.5) is 0 Å². The predicted molar refractivity (Wildman–Crippen MR) is 524 cm³/mol. The van der Waals surface area contributed by atoms with Gasteiger partial charge in [-0.2, -0.15) is 0 Å². The van der Waals surface area contributed by atoms with Gasteiger partial charge in [0.05, 0.1) is 54.2 Å². The maximum absolute atomic E-state index is 11.9. The number of ether oxygens (including phenoxy) is 4. The quantitative estimate of drug-likeness (QED) is 0.0320. The zero-order chi connectivity index (χ0) is 89.2. The zero-order valence-electron chi connectivity index (χ0n) is 81.3. The van der Waals surface area contributed by atoms with Gasteiger partial charge in [-0.15, -0.1) is 0 Å². The first-order valence-corrected chi connectivity index (χ1v) is 48.3. The molecule has 9 N–H and O–H groups in total. The molecule has 16 unspecified atom stereocenters. The Bertz CT molecular complexity index is 2760. The number of fused-ring (bicyclic) bond motifs is 5. The van der Waals surface area contributed by atoms with Crippen molar-refractivity contribution in [3.63, 3.8) is 0 Å². The molecule has 0 saturated heterocycles. The van der Waals surface area contributed by atoms with Crippen LogP contribution in [0.5, 0.6) is 0 Å². The van der Waals surface area contributed by atoms with Gasteiger partial charge in [-0.05, 0) is 195 Å². The largest absolute Gasteiger partial charge is 0.371 e. The van der Waals surface area contributed by atoms with Crippen LogP contribution >= 0.6 is 0 Å². The van der Waals surface area contributed by atoms with Crippen LogP contribution in [0, 0.1) is 140 Å². The standard InChI is InChI=1S/C29H52O2.C11H20N2O6.C10H18N2O6.C10H20.C9H12.C8H10.5C4H8.2C2H6.5CH4.2Y/c1-19(2)8-7-9-20(3)25-12-13-26-24-11-10-23-18-22(21(4)31-30)14-16-28(23,5)27(24)15-17-29(25,26)6;1-3-13-11(17)7-8(18-4-14)6(10(16)12-2)9(7)19-5-15;1-11-9(15)5-7(17-3-13)6(10(16)12-2)8(5)18-4-14;1-5-10-8(3)6-7(2)9(10)4;1-7-4-8(2)6-9(3)5-7;1-7-3-5-8(2)6-4-7;5*1-2-4-3-1;2*1-2;;;;;;;/h19-27,30H,7-18H2,1-6H3;6-9,14-15H,3-5H2,1-2H3,(H,12,16)(H,13,17);5-8,13-14H,3-4H2,1-2H3,(H,11,15)(H,12,16);7-10H,5-6H2,1-4H3;4-6H,1-3H3;3-6H,1-2H3;5*1-4H2;2*1-2H3;5*1H4;;. The summed E-state index contributed by atoms with van der Waals surface area (Å²) in [6.45, 7) is 42.7. The number of rotatable bonds is 21. The van der Waals surface area contributed by atoms with Crippen molar-refractivity contribution in [3.8, 4) is 0 Å². The van der Waals surface area contributed by atoms with Crippen LogP contribution in [-0.2, 0) is 108 Å². The van der Waals surface area contributed by atoms with Crippen molar-refractivity contribution < 1.29 is 134 Å². The first-order chi connectivity index (χ1) is 57.1. The van der Waals surface area contributed by atoms with E-state index in [1.54, 1.807) is 6.92 Å². The van der Waals surface area contributed by atoms with E-state index in [0.29, 0.717) is 23.3 Å². The molecule has 0 bridgehead atoms. The second kappa shape index (κ2) is 76.3. The van der Waals surface area contributed by atoms with Crippen molar-refractivity contribution in [2.45, 2.75) is 424 Å². The fourth-order valence-corrected chi connectivity index (χ4v) is 20.1. The maximum atomic E-state index is 11.9. The third kappa shape index (κ3) is 44.3. The first-order valence-electron chi connectivity index (χ1n) is 48.3. The number of benzene rings is 2. The molecule has 18 nitrogen and oxygen atoms in total. The molecule has 20 heteroatoms. The Balaban J connectivity index is -0.000000334. The van der Waals surface area contributed by atoms with Gasteiger partial charge < -0.3 is 60.6 Å². The minimum atomic E-state index is -0.772. The summed E-state index contributed by atoms with van der Waals surface area (Å²) in [6.07, 6.45) is 46.8. The fourth-order valence-electron chi connectivity index (χ4n) is 20.1.